The highest BCUT2D eigenvalue weighted by Gasteiger charge is 2.27. The minimum atomic E-state index is -2.83. The van der Waals surface area contributed by atoms with E-state index in [1.807, 2.05) is 6.92 Å². The molecule has 0 saturated carbocycles. The molecular formula is C21H21F2N7O2S. The number of thiophene rings is 1. The van der Waals surface area contributed by atoms with Crippen LogP contribution in [0.4, 0.5) is 14.5 Å². The minimum absolute atomic E-state index is 0.00621. The highest BCUT2D eigenvalue weighted by atomic mass is 32.1. The third-order valence-electron chi connectivity index (χ3n) is 5.27. The van der Waals surface area contributed by atoms with Gasteiger partial charge in [-0.1, -0.05) is 0 Å². The minimum Gasteiger partial charge on any atom is -0.365 e. The number of carbonyl (C=O) groups is 2. The fraction of sp³-hybridized carbons (Fsp3) is 0.286. The number of rotatable bonds is 6. The number of carbonyl (C=O) groups excluding carboxylic acids is 2. The number of nitrogens with zero attached hydrogens (tertiary/aromatic N) is 5. The van der Waals surface area contributed by atoms with Crippen molar-refractivity contribution in [3.05, 3.63) is 46.0 Å². The summed E-state index contributed by atoms with van der Waals surface area (Å²) in [5, 5.41) is 11.6. The molecule has 0 saturated heterocycles. The standard InChI is InChI=1S/C21H21F2N7O2S/c1-5-30-8-12(10(3)27-30)11-7-13(18(22)23)25-21-15(11)16(17(33-21)19(24)31)26-20(32)14-6-9(2)29(4)28-14/h6-8,18H,5H2,1-4H3,(H2,24,31)(H,26,32). The topological polar surface area (TPSA) is 121 Å². The number of fused-ring (bicyclic) bond motifs is 1. The summed E-state index contributed by atoms with van der Waals surface area (Å²) in [5.41, 5.74) is 7.71. The molecule has 0 unspecified atom stereocenters. The number of pyridine rings is 1. The van der Waals surface area contributed by atoms with Crippen LogP contribution in [0.2, 0.25) is 0 Å². The average Bonchev–Trinajstić information content (AvgIpc) is 3.42. The van der Waals surface area contributed by atoms with Crippen LogP contribution in [0.25, 0.3) is 21.3 Å². The monoisotopic (exact) mass is 473 g/mol. The number of aromatic nitrogens is 5. The van der Waals surface area contributed by atoms with E-state index < -0.39 is 23.9 Å². The smallest absolute Gasteiger partial charge is 0.280 e. The summed E-state index contributed by atoms with van der Waals surface area (Å²) < 4.78 is 30.5. The van der Waals surface area contributed by atoms with Gasteiger partial charge in [-0.15, -0.1) is 11.3 Å². The molecule has 33 heavy (non-hydrogen) atoms. The molecule has 0 aliphatic heterocycles. The summed E-state index contributed by atoms with van der Waals surface area (Å²) in [6.45, 7) is 6.03. The van der Waals surface area contributed by atoms with Gasteiger partial charge in [0.15, 0.2) is 5.69 Å². The van der Waals surface area contributed by atoms with Crippen LogP contribution in [0.5, 0.6) is 0 Å². The molecule has 4 aromatic heterocycles. The Morgan fingerprint density at radius 2 is 1.94 bits per heavy atom. The Morgan fingerprint density at radius 3 is 2.48 bits per heavy atom. The molecule has 0 spiro atoms. The highest BCUT2D eigenvalue weighted by molar-refractivity contribution is 7.21. The van der Waals surface area contributed by atoms with Crippen LogP contribution in [0.3, 0.4) is 0 Å². The molecule has 0 fully saturated rings. The van der Waals surface area contributed by atoms with E-state index in [0.29, 0.717) is 28.8 Å². The number of halogens is 2. The quantitative estimate of drug-likeness (QED) is 0.441. The van der Waals surface area contributed by atoms with Crippen LogP contribution in [0.1, 0.15) is 50.6 Å². The van der Waals surface area contributed by atoms with Crippen molar-refractivity contribution in [2.45, 2.75) is 33.7 Å². The lowest BCUT2D eigenvalue weighted by Gasteiger charge is -2.10. The summed E-state index contributed by atoms with van der Waals surface area (Å²) in [6.07, 6.45) is -1.10. The first-order valence-electron chi connectivity index (χ1n) is 10.0. The number of nitrogens with two attached hydrogens (primary N) is 1. The van der Waals surface area contributed by atoms with Crippen molar-refractivity contribution < 1.29 is 18.4 Å². The fourth-order valence-electron chi connectivity index (χ4n) is 3.53. The van der Waals surface area contributed by atoms with Crippen molar-refractivity contribution in [2.75, 3.05) is 5.32 Å². The SMILES string of the molecule is CCn1cc(-c2cc(C(F)F)nc3sc(C(N)=O)c(NC(=O)c4cc(C)n(C)n4)c23)c(C)n1. The summed E-state index contributed by atoms with van der Waals surface area (Å²) in [7, 11) is 1.70. The summed E-state index contributed by atoms with van der Waals surface area (Å²) in [4.78, 5) is 29.4. The van der Waals surface area contributed by atoms with E-state index in [1.165, 1.54) is 6.07 Å². The second-order valence-corrected chi connectivity index (χ2v) is 8.48. The maximum atomic E-state index is 13.6. The van der Waals surface area contributed by atoms with Crippen LogP contribution < -0.4 is 11.1 Å². The zero-order valence-corrected chi connectivity index (χ0v) is 19.1. The second kappa shape index (κ2) is 8.35. The van der Waals surface area contributed by atoms with E-state index in [1.54, 1.807) is 42.5 Å². The Balaban J connectivity index is 1.98. The van der Waals surface area contributed by atoms with Crippen molar-refractivity contribution in [3.63, 3.8) is 0 Å². The molecule has 0 bridgehead atoms. The van der Waals surface area contributed by atoms with E-state index in [-0.39, 0.29) is 21.1 Å². The predicted molar refractivity (Wildman–Crippen MR) is 121 cm³/mol. The maximum Gasteiger partial charge on any atom is 0.280 e. The normalized spacial score (nSPS) is 11.5. The van der Waals surface area contributed by atoms with Crippen LogP contribution in [0, 0.1) is 13.8 Å². The van der Waals surface area contributed by atoms with E-state index in [9.17, 15) is 18.4 Å². The van der Waals surface area contributed by atoms with Gasteiger partial charge in [0.1, 0.15) is 15.4 Å². The van der Waals surface area contributed by atoms with Crippen molar-refractivity contribution in [1.82, 2.24) is 24.5 Å². The number of anilines is 1. The molecule has 9 nitrogen and oxygen atoms in total. The fourth-order valence-corrected chi connectivity index (χ4v) is 4.54. The number of alkyl halides is 2. The number of hydrogen-bond donors (Lipinski definition) is 2. The number of amides is 2. The first-order chi connectivity index (χ1) is 15.6. The zero-order valence-electron chi connectivity index (χ0n) is 18.3. The van der Waals surface area contributed by atoms with Crippen molar-refractivity contribution in [2.24, 2.45) is 12.8 Å². The van der Waals surface area contributed by atoms with Crippen LogP contribution in [-0.2, 0) is 13.6 Å². The predicted octanol–water partition coefficient (Wildman–Crippen LogP) is 3.82. The molecule has 4 heterocycles. The Labute approximate surface area is 191 Å². The molecule has 0 aliphatic carbocycles. The van der Waals surface area contributed by atoms with Gasteiger partial charge in [0.05, 0.1) is 11.4 Å². The first-order valence-corrected chi connectivity index (χ1v) is 10.8. The summed E-state index contributed by atoms with van der Waals surface area (Å²) in [5.74, 6) is -1.37. The van der Waals surface area contributed by atoms with E-state index >= 15 is 0 Å². The van der Waals surface area contributed by atoms with Gasteiger partial charge in [-0.2, -0.15) is 10.2 Å². The molecule has 172 valence electrons. The Hall–Kier alpha value is -3.67. The van der Waals surface area contributed by atoms with E-state index in [2.05, 4.69) is 20.5 Å². The Bertz CT molecular complexity index is 1380. The summed E-state index contributed by atoms with van der Waals surface area (Å²) >= 11 is 0.850. The number of aryl methyl sites for hydroxylation is 4. The van der Waals surface area contributed by atoms with E-state index in [0.717, 1.165) is 17.0 Å². The molecule has 0 aliphatic rings. The lowest BCUT2D eigenvalue weighted by Crippen LogP contribution is -2.17. The van der Waals surface area contributed by atoms with Gasteiger partial charge in [-0.25, -0.2) is 13.8 Å². The molecule has 0 aromatic carbocycles. The van der Waals surface area contributed by atoms with Crippen molar-refractivity contribution >= 4 is 39.1 Å². The largest absolute Gasteiger partial charge is 0.365 e. The third-order valence-corrected chi connectivity index (χ3v) is 6.37. The molecule has 4 aromatic rings. The first kappa shape index (κ1) is 22.5. The van der Waals surface area contributed by atoms with Crippen molar-refractivity contribution in [1.29, 1.82) is 0 Å². The van der Waals surface area contributed by atoms with Gasteiger partial charge in [0.25, 0.3) is 18.2 Å². The molecule has 12 heteroatoms. The molecule has 0 radical (unpaired) electrons. The van der Waals surface area contributed by atoms with Crippen LogP contribution >= 0.6 is 11.3 Å². The lowest BCUT2D eigenvalue weighted by molar-refractivity contribution is 0.100. The van der Waals surface area contributed by atoms with Gasteiger partial charge in [0.2, 0.25) is 0 Å². The Kier molecular flexibility index (Phi) is 5.70. The van der Waals surface area contributed by atoms with Gasteiger partial charge >= 0.3 is 0 Å². The van der Waals surface area contributed by atoms with E-state index in [4.69, 9.17) is 5.73 Å². The molecule has 4 rings (SSSR count). The number of primary amides is 1. The third kappa shape index (κ3) is 3.97. The van der Waals surface area contributed by atoms with Gasteiger partial charge in [0, 0.05) is 36.4 Å². The molecule has 3 N–H and O–H groups in total. The Morgan fingerprint density at radius 1 is 1.21 bits per heavy atom. The number of nitrogens with one attached hydrogen (secondary N) is 1. The summed E-state index contributed by atoms with van der Waals surface area (Å²) in [6, 6.07) is 2.85. The van der Waals surface area contributed by atoms with Crippen LogP contribution in [0.15, 0.2) is 18.3 Å². The van der Waals surface area contributed by atoms with Crippen molar-refractivity contribution in [3.8, 4) is 11.1 Å². The molecular weight excluding hydrogens is 452 g/mol. The van der Waals surface area contributed by atoms with Gasteiger partial charge < -0.3 is 11.1 Å². The highest BCUT2D eigenvalue weighted by Crippen LogP contribution is 2.43. The second-order valence-electron chi connectivity index (χ2n) is 7.48. The molecule has 0 atom stereocenters. The average molecular weight is 474 g/mol. The van der Waals surface area contributed by atoms with Crippen LogP contribution in [-0.4, -0.2) is 36.4 Å². The number of hydrogen-bond acceptors (Lipinski definition) is 6. The van der Waals surface area contributed by atoms with Gasteiger partial charge in [-0.3, -0.25) is 19.0 Å². The maximum absolute atomic E-state index is 13.6. The lowest BCUT2D eigenvalue weighted by atomic mass is 10.0. The molecule has 2 amide bonds. The van der Waals surface area contributed by atoms with Gasteiger partial charge in [-0.05, 0) is 38.5 Å². The zero-order chi connectivity index (χ0) is 24.0.